The van der Waals surface area contributed by atoms with Crippen LogP contribution in [0.25, 0.3) is 16.7 Å². The second-order valence-corrected chi connectivity index (χ2v) is 7.41. The number of pyridine rings is 2. The number of halogens is 3. The Morgan fingerprint density at radius 2 is 2.06 bits per heavy atom. The number of rotatable bonds is 3. The molecule has 164 valence electrons. The summed E-state index contributed by atoms with van der Waals surface area (Å²) in [6.45, 7) is 5.30. The molecule has 0 bridgehead atoms. The van der Waals surface area contributed by atoms with Crippen molar-refractivity contribution in [2.75, 3.05) is 24.5 Å². The van der Waals surface area contributed by atoms with Crippen LogP contribution in [0.4, 0.5) is 14.5 Å². The summed E-state index contributed by atoms with van der Waals surface area (Å²) >= 11 is 0. The smallest absolute Gasteiger partial charge is 0.341 e. The molecular weight excluding hydrogens is 430 g/mol. The number of piperazine rings is 1. The molecule has 10 heteroatoms. The molecule has 1 aliphatic rings. The van der Waals surface area contributed by atoms with Crippen molar-refractivity contribution < 1.29 is 18.7 Å². The van der Waals surface area contributed by atoms with Gasteiger partial charge in [0.2, 0.25) is 5.43 Å². The van der Waals surface area contributed by atoms with Gasteiger partial charge in [-0.15, -0.1) is 12.4 Å². The third-order valence-corrected chi connectivity index (χ3v) is 5.35. The van der Waals surface area contributed by atoms with Crippen LogP contribution in [-0.2, 0) is 0 Å². The second-order valence-electron chi connectivity index (χ2n) is 7.41. The molecule has 7 nitrogen and oxygen atoms in total. The van der Waals surface area contributed by atoms with Crippen LogP contribution in [0.2, 0.25) is 0 Å². The molecule has 0 aliphatic carbocycles. The number of benzene rings is 1. The zero-order valence-corrected chi connectivity index (χ0v) is 17.7. The molecule has 1 aliphatic heterocycles. The minimum Gasteiger partial charge on any atom is -0.477 e. The Morgan fingerprint density at radius 1 is 1.32 bits per heavy atom. The monoisotopic (exact) mass is 450 g/mol. The van der Waals surface area contributed by atoms with Gasteiger partial charge in [-0.25, -0.2) is 18.6 Å². The number of hydrogen-bond donors (Lipinski definition) is 2. The predicted molar refractivity (Wildman–Crippen MR) is 116 cm³/mol. The van der Waals surface area contributed by atoms with Gasteiger partial charge in [0.15, 0.2) is 0 Å². The van der Waals surface area contributed by atoms with Crippen molar-refractivity contribution in [3.8, 4) is 5.82 Å². The van der Waals surface area contributed by atoms with Gasteiger partial charge in [0.1, 0.15) is 23.0 Å². The standard InChI is InChI=1S/C21H20F2N4O3.ClH/c1-11-9-26(6-5-24-11)16-7-15-18(12(2)19(16)23)20(28)14(21(29)30)10-27(15)17-4-3-13(22)8-25-17;/h3-4,7-8,10-11,24H,5-6,9H2,1-2H3,(H,29,30);1H. The van der Waals surface area contributed by atoms with E-state index in [1.54, 1.807) is 0 Å². The van der Waals surface area contributed by atoms with E-state index in [0.717, 1.165) is 12.4 Å². The number of aromatic nitrogens is 2. The minimum absolute atomic E-state index is 0. The Balaban J connectivity index is 0.00000272. The SMILES string of the molecule is Cc1c(F)c(N2CCNC(C)C2)cc2c1c(=O)c(C(=O)O)cn2-c1ccc(F)cn1.Cl. The van der Waals surface area contributed by atoms with Gasteiger partial charge >= 0.3 is 5.97 Å². The van der Waals surface area contributed by atoms with Crippen molar-refractivity contribution in [3.63, 3.8) is 0 Å². The van der Waals surface area contributed by atoms with E-state index in [-0.39, 0.29) is 35.2 Å². The van der Waals surface area contributed by atoms with Crippen molar-refractivity contribution in [2.24, 2.45) is 0 Å². The molecule has 0 amide bonds. The van der Waals surface area contributed by atoms with E-state index >= 15 is 4.39 Å². The average molecular weight is 451 g/mol. The van der Waals surface area contributed by atoms with Gasteiger partial charge in [-0.2, -0.15) is 0 Å². The fourth-order valence-electron chi connectivity index (χ4n) is 3.86. The summed E-state index contributed by atoms with van der Waals surface area (Å²) in [6.07, 6.45) is 2.14. The number of aromatic carboxylic acids is 1. The number of aryl methyl sites for hydroxylation is 1. The summed E-state index contributed by atoms with van der Waals surface area (Å²) in [5.74, 6) is -2.33. The van der Waals surface area contributed by atoms with E-state index in [1.807, 2.05) is 11.8 Å². The van der Waals surface area contributed by atoms with Gasteiger partial charge < -0.3 is 15.3 Å². The highest BCUT2D eigenvalue weighted by Gasteiger charge is 2.25. The first-order valence-corrected chi connectivity index (χ1v) is 9.50. The van der Waals surface area contributed by atoms with Gasteiger partial charge in [-0.05, 0) is 32.0 Å². The quantitative estimate of drug-likeness (QED) is 0.638. The first-order valence-electron chi connectivity index (χ1n) is 9.50. The number of nitrogens with one attached hydrogen (secondary N) is 1. The minimum atomic E-state index is -1.43. The van der Waals surface area contributed by atoms with Crippen LogP contribution >= 0.6 is 12.4 Å². The Morgan fingerprint density at radius 3 is 2.68 bits per heavy atom. The maximum atomic E-state index is 15.3. The van der Waals surface area contributed by atoms with Crippen molar-refractivity contribution in [3.05, 3.63) is 63.6 Å². The van der Waals surface area contributed by atoms with E-state index < -0.39 is 28.6 Å². The zero-order valence-electron chi connectivity index (χ0n) is 16.9. The number of carbonyl (C=O) groups is 1. The van der Waals surface area contributed by atoms with E-state index in [1.165, 1.54) is 29.7 Å². The second kappa shape index (κ2) is 8.60. The molecule has 1 atom stereocenters. The number of fused-ring (bicyclic) bond motifs is 1. The number of hydrogen-bond acceptors (Lipinski definition) is 5. The lowest BCUT2D eigenvalue weighted by Crippen LogP contribution is -2.49. The van der Waals surface area contributed by atoms with Gasteiger partial charge in [-0.1, -0.05) is 0 Å². The zero-order chi connectivity index (χ0) is 21.6. The lowest BCUT2D eigenvalue weighted by atomic mass is 10.0. The topological polar surface area (TPSA) is 87.5 Å². The Hall–Kier alpha value is -3.04. The summed E-state index contributed by atoms with van der Waals surface area (Å²) in [5.41, 5.74) is -0.583. The van der Waals surface area contributed by atoms with Crippen LogP contribution in [0.1, 0.15) is 22.8 Å². The normalized spacial score (nSPS) is 16.3. The molecule has 1 fully saturated rings. The van der Waals surface area contributed by atoms with Crippen molar-refractivity contribution >= 4 is 35.0 Å². The van der Waals surface area contributed by atoms with Crippen molar-refractivity contribution in [1.82, 2.24) is 14.9 Å². The maximum Gasteiger partial charge on any atom is 0.341 e. The van der Waals surface area contributed by atoms with E-state index in [2.05, 4.69) is 10.3 Å². The molecule has 3 aromatic rings. The summed E-state index contributed by atoms with van der Waals surface area (Å²) in [4.78, 5) is 30.4. The molecule has 1 aromatic carbocycles. The lowest BCUT2D eigenvalue weighted by molar-refractivity contribution is 0.0695. The molecule has 1 saturated heterocycles. The lowest BCUT2D eigenvalue weighted by Gasteiger charge is -2.34. The highest BCUT2D eigenvalue weighted by molar-refractivity contribution is 5.95. The number of carboxylic acids is 1. The van der Waals surface area contributed by atoms with Gasteiger partial charge in [0.05, 0.1) is 22.8 Å². The third kappa shape index (κ3) is 3.98. The number of carboxylic acid groups (broad SMARTS) is 1. The molecule has 0 spiro atoms. The van der Waals surface area contributed by atoms with Crippen molar-refractivity contribution in [1.29, 1.82) is 0 Å². The molecular formula is C21H21ClF2N4O3. The number of nitrogens with zero attached hydrogens (tertiary/aromatic N) is 3. The number of anilines is 1. The van der Waals surface area contributed by atoms with E-state index in [4.69, 9.17) is 0 Å². The summed E-state index contributed by atoms with van der Waals surface area (Å²) in [6, 6.07) is 4.25. The van der Waals surface area contributed by atoms with Crippen molar-refractivity contribution in [2.45, 2.75) is 19.9 Å². The summed E-state index contributed by atoms with van der Waals surface area (Å²) < 4.78 is 30.1. The van der Waals surface area contributed by atoms with Gasteiger partial charge in [0, 0.05) is 37.4 Å². The largest absolute Gasteiger partial charge is 0.477 e. The van der Waals surface area contributed by atoms with Crippen LogP contribution < -0.4 is 15.6 Å². The molecule has 31 heavy (non-hydrogen) atoms. The fourth-order valence-corrected chi connectivity index (χ4v) is 3.86. The highest BCUT2D eigenvalue weighted by Crippen LogP contribution is 2.30. The van der Waals surface area contributed by atoms with Crippen LogP contribution in [0.5, 0.6) is 0 Å². The molecule has 0 saturated carbocycles. The summed E-state index contributed by atoms with van der Waals surface area (Å²) in [7, 11) is 0. The van der Waals surface area contributed by atoms with Crippen LogP contribution in [0.15, 0.2) is 35.4 Å². The highest BCUT2D eigenvalue weighted by atomic mass is 35.5. The predicted octanol–water partition coefficient (Wildman–Crippen LogP) is 2.89. The molecule has 2 aromatic heterocycles. The van der Waals surface area contributed by atoms with E-state index in [9.17, 15) is 19.1 Å². The Kier molecular flexibility index (Phi) is 6.28. The van der Waals surface area contributed by atoms with Gasteiger partial charge in [-0.3, -0.25) is 9.36 Å². The van der Waals surface area contributed by atoms with Crippen LogP contribution in [0.3, 0.4) is 0 Å². The first-order chi connectivity index (χ1) is 14.3. The molecule has 2 N–H and O–H groups in total. The fraction of sp³-hybridized carbons (Fsp3) is 0.286. The van der Waals surface area contributed by atoms with Crippen LogP contribution in [-0.4, -0.2) is 46.3 Å². The molecule has 0 radical (unpaired) electrons. The third-order valence-electron chi connectivity index (χ3n) is 5.35. The summed E-state index contributed by atoms with van der Waals surface area (Å²) in [5, 5.41) is 12.7. The van der Waals surface area contributed by atoms with Gasteiger partial charge in [0.25, 0.3) is 0 Å². The molecule has 3 heterocycles. The maximum absolute atomic E-state index is 15.3. The van der Waals surface area contributed by atoms with Crippen LogP contribution in [0, 0.1) is 18.6 Å². The van der Waals surface area contributed by atoms with E-state index in [0.29, 0.717) is 30.8 Å². The Labute approximate surface area is 182 Å². The Bertz CT molecular complexity index is 1210. The molecule has 4 rings (SSSR count). The molecule has 1 unspecified atom stereocenters. The average Bonchev–Trinajstić information content (AvgIpc) is 2.71. The first kappa shape index (κ1) is 22.6.